The van der Waals surface area contributed by atoms with Gasteiger partial charge in [-0.3, -0.25) is 9.59 Å². The van der Waals surface area contributed by atoms with Gasteiger partial charge >= 0.3 is 0 Å². The first-order valence-corrected chi connectivity index (χ1v) is 8.61. The molecule has 0 fully saturated rings. The molecule has 0 atom stereocenters. The van der Waals surface area contributed by atoms with Crippen LogP contribution >= 0.6 is 0 Å². The Balaban J connectivity index is 2.02. The maximum atomic E-state index is 12.0. The molecule has 10 heteroatoms. The van der Waals surface area contributed by atoms with Crippen LogP contribution in [0.15, 0.2) is 36.5 Å². The lowest BCUT2D eigenvalue weighted by Gasteiger charge is -2.08. The number of benzene rings is 1. The first-order chi connectivity index (χ1) is 11.3. The number of aromatic nitrogens is 3. The summed E-state index contributed by atoms with van der Waals surface area (Å²) in [6.07, 6.45) is 1.22. The monoisotopic (exact) mass is 351 g/mol. The van der Waals surface area contributed by atoms with Crippen LogP contribution in [0.1, 0.15) is 16.1 Å². The highest BCUT2D eigenvalue weighted by atomic mass is 32.2. The lowest BCUT2D eigenvalue weighted by atomic mass is 10.2. The van der Waals surface area contributed by atoms with Crippen LogP contribution in [0.5, 0.6) is 0 Å². The van der Waals surface area contributed by atoms with Crippen LogP contribution in [0.25, 0.3) is 0 Å². The van der Waals surface area contributed by atoms with Gasteiger partial charge in [0.15, 0.2) is 5.69 Å². The molecule has 1 heterocycles. The van der Waals surface area contributed by atoms with Crippen LogP contribution in [0.4, 0.5) is 0 Å². The molecule has 0 aliphatic heterocycles. The number of amides is 2. The fraction of sp³-hybridized carbons (Fsp3) is 0.286. The molecule has 0 radical (unpaired) electrons. The average molecular weight is 351 g/mol. The summed E-state index contributed by atoms with van der Waals surface area (Å²) in [5.41, 5.74) is 0.372. The van der Waals surface area contributed by atoms with Gasteiger partial charge in [0.2, 0.25) is 15.9 Å². The second-order valence-corrected chi connectivity index (χ2v) is 6.99. The number of nitrogens with zero attached hydrogens (tertiary/aromatic N) is 4. The second-order valence-electron chi connectivity index (χ2n) is 5.27. The summed E-state index contributed by atoms with van der Waals surface area (Å²) >= 11 is 0. The Morgan fingerprint density at radius 3 is 2.50 bits per heavy atom. The molecule has 2 rings (SSSR count). The minimum Gasteiger partial charge on any atom is -0.347 e. The number of hydrogen-bond donors (Lipinski definition) is 1. The first kappa shape index (κ1) is 17.6. The van der Waals surface area contributed by atoms with Crippen molar-refractivity contribution in [3.05, 3.63) is 47.8 Å². The molecule has 128 valence electrons. The zero-order valence-electron chi connectivity index (χ0n) is 13.2. The summed E-state index contributed by atoms with van der Waals surface area (Å²) in [6, 6.07) is 8.47. The van der Waals surface area contributed by atoms with Crippen molar-refractivity contribution in [1.29, 1.82) is 0 Å². The van der Waals surface area contributed by atoms with E-state index in [9.17, 15) is 18.0 Å². The minimum absolute atomic E-state index is 0.0932. The summed E-state index contributed by atoms with van der Waals surface area (Å²) in [5, 5.41) is 7.22. The molecule has 1 aromatic carbocycles. The summed E-state index contributed by atoms with van der Waals surface area (Å²) < 4.78 is 27.1. The van der Waals surface area contributed by atoms with Crippen LogP contribution in [0, 0.1) is 0 Å². The van der Waals surface area contributed by atoms with E-state index >= 15 is 0 Å². The number of rotatable bonds is 6. The van der Waals surface area contributed by atoms with Crippen LogP contribution in [0.3, 0.4) is 0 Å². The van der Waals surface area contributed by atoms with Gasteiger partial charge in [0.05, 0.1) is 11.9 Å². The molecule has 9 nitrogen and oxygen atoms in total. The zero-order chi connectivity index (χ0) is 17.7. The molecule has 24 heavy (non-hydrogen) atoms. The van der Waals surface area contributed by atoms with Gasteiger partial charge < -0.3 is 4.90 Å². The minimum atomic E-state index is -3.86. The Hall–Kier alpha value is -2.75. The molecule has 0 unspecified atom stereocenters. The normalized spacial score (nSPS) is 11.1. The van der Waals surface area contributed by atoms with Gasteiger partial charge in [-0.2, -0.15) is 0 Å². The lowest BCUT2D eigenvalue weighted by molar-refractivity contribution is -0.129. The van der Waals surface area contributed by atoms with Gasteiger partial charge in [-0.05, 0) is 5.56 Å². The van der Waals surface area contributed by atoms with Gasteiger partial charge in [-0.25, -0.2) is 17.8 Å². The standard InChI is InChI=1S/C14H17N5O4S/c1-18(2)13(20)9-19-8-12(15-17-19)14(21)16-24(22,23)10-11-6-4-3-5-7-11/h3-8H,9-10H2,1-2H3,(H,16,21). The van der Waals surface area contributed by atoms with E-state index in [1.807, 2.05) is 4.72 Å². The van der Waals surface area contributed by atoms with Gasteiger partial charge in [0, 0.05) is 14.1 Å². The molecular weight excluding hydrogens is 334 g/mol. The highest BCUT2D eigenvalue weighted by molar-refractivity contribution is 7.89. The van der Waals surface area contributed by atoms with Crippen LogP contribution in [-0.4, -0.2) is 54.2 Å². The number of sulfonamides is 1. The third kappa shape index (κ3) is 4.88. The predicted octanol–water partition coefficient (Wildman–Crippen LogP) is -0.374. The lowest BCUT2D eigenvalue weighted by Crippen LogP contribution is -2.32. The largest absolute Gasteiger partial charge is 0.347 e. The van der Waals surface area contributed by atoms with Crippen molar-refractivity contribution in [2.75, 3.05) is 14.1 Å². The van der Waals surface area contributed by atoms with Gasteiger partial charge in [-0.1, -0.05) is 35.5 Å². The van der Waals surface area contributed by atoms with Crippen molar-refractivity contribution in [3.8, 4) is 0 Å². The molecule has 0 spiro atoms. The number of hydrogen-bond acceptors (Lipinski definition) is 6. The molecule has 0 saturated heterocycles. The SMILES string of the molecule is CN(C)C(=O)Cn1cc(C(=O)NS(=O)(=O)Cc2ccccc2)nn1. The quantitative estimate of drug-likeness (QED) is 0.759. The van der Waals surface area contributed by atoms with Crippen molar-refractivity contribution in [1.82, 2.24) is 24.6 Å². The smallest absolute Gasteiger partial charge is 0.286 e. The van der Waals surface area contributed by atoms with Crippen LogP contribution in [-0.2, 0) is 27.1 Å². The summed E-state index contributed by atoms with van der Waals surface area (Å²) in [5.74, 6) is -1.45. The van der Waals surface area contributed by atoms with Gasteiger partial charge in [0.25, 0.3) is 5.91 Å². The molecule has 2 amide bonds. The Labute approximate surface area is 139 Å². The van der Waals surface area contributed by atoms with E-state index in [0.29, 0.717) is 5.56 Å². The Morgan fingerprint density at radius 2 is 1.88 bits per heavy atom. The van der Waals surface area contributed by atoms with Gasteiger partial charge in [0.1, 0.15) is 6.54 Å². The molecule has 1 N–H and O–H groups in total. The molecule has 0 aliphatic rings. The fourth-order valence-corrected chi connectivity index (χ4v) is 2.87. The predicted molar refractivity (Wildman–Crippen MR) is 85.2 cm³/mol. The van der Waals surface area contributed by atoms with Crippen molar-refractivity contribution in [2.45, 2.75) is 12.3 Å². The number of carbonyl (C=O) groups excluding carboxylic acids is 2. The number of carbonyl (C=O) groups is 2. The highest BCUT2D eigenvalue weighted by Crippen LogP contribution is 2.05. The van der Waals surface area contributed by atoms with E-state index in [-0.39, 0.29) is 23.9 Å². The zero-order valence-corrected chi connectivity index (χ0v) is 14.0. The third-order valence-electron chi connectivity index (χ3n) is 3.02. The molecular formula is C14H17N5O4S. The molecule has 1 aromatic heterocycles. The van der Waals surface area contributed by atoms with Crippen LogP contribution < -0.4 is 4.72 Å². The Kier molecular flexibility index (Phi) is 5.29. The van der Waals surface area contributed by atoms with Crippen molar-refractivity contribution < 1.29 is 18.0 Å². The molecule has 0 aliphatic carbocycles. The van der Waals surface area contributed by atoms with E-state index in [1.54, 1.807) is 44.4 Å². The number of likely N-dealkylation sites (N-methyl/N-ethyl adjacent to an activating group) is 1. The average Bonchev–Trinajstić information content (AvgIpc) is 2.95. The first-order valence-electron chi connectivity index (χ1n) is 6.96. The third-order valence-corrected chi connectivity index (χ3v) is 4.22. The molecule has 0 saturated carbocycles. The maximum Gasteiger partial charge on any atom is 0.286 e. The topological polar surface area (TPSA) is 114 Å². The van der Waals surface area contributed by atoms with E-state index in [1.165, 1.54) is 15.8 Å². The summed E-state index contributed by atoms with van der Waals surface area (Å²) in [4.78, 5) is 24.9. The maximum absolute atomic E-state index is 12.0. The van der Waals surface area contributed by atoms with E-state index in [4.69, 9.17) is 0 Å². The van der Waals surface area contributed by atoms with Crippen LogP contribution in [0.2, 0.25) is 0 Å². The summed E-state index contributed by atoms with van der Waals surface area (Å²) in [6.45, 7) is -0.0932. The number of nitrogens with one attached hydrogen (secondary N) is 1. The van der Waals surface area contributed by atoms with Gasteiger partial charge in [-0.15, -0.1) is 5.10 Å². The van der Waals surface area contributed by atoms with Crippen molar-refractivity contribution in [2.24, 2.45) is 0 Å². The van der Waals surface area contributed by atoms with E-state index < -0.39 is 15.9 Å². The fourth-order valence-electron chi connectivity index (χ4n) is 1.78. The Bertz CT molecular complexity index is 830. The second kappa shape index (κ2) is 7.21. The van der Waals surface area contributed by atoms with Crippen molar-refractivity contribution in [3.63, 3.8) is 0 Å². The van der Waals surface area contributed by atoms with Crippen molar-refractivity contribution >= 4 is 21.8 Å². The van der Waals surface area contributed by atoms with E-state index in [2.05, 4.69) is 10.3 Å². The summed E-state index contributed by atoms with van der Waals surface area (Å²) in [7, 11) is -0.688. The molecule has 0 bridgehead atoms. The van der Waals surface area contributed by atoms with E-state index in [0.717, 1.165) is 0 Å². The molecule has 2 aromatic rings. The highest BCUT2D eigenvalue weighted by Gasteiger charge is 2.19. The Morgan fingerprint density at radius 1 is 1.21 bits per heavy atom.